The van der Waals surface area contributed by atoms with Crippen molar-refractivity contribution in [2.45, 2.75) is 55.9 Å². The van der Waals surface area contributed by atoms with E-state index in [0.29, 0.717) is 29.4 Å². The van der Waals surface area contributed by atoms with Crippen LogP contribution in [0.1, 0.15) is 54.8 Å². The van der Waals surface area contributed by atoms with Crippen LogP contribution in [0.5, 0.6) is 0 Å². The number of carbonyl (C=O) groups excluding carboxylic acids is 2. The topological polar surface area (TPSA) is 161 Å². The monoisotopic (exact) mass is 604 g/mol. The number of ether oxygens (including phenoxy) is 2. The Labute approximate surface area is 252 Å². The SMILES string of the molecule is O=C(CCCC(=O)Nc1cccc([C@H]2O[C@@H](CSc3nnnn3-c3ccccc3)C[C@@H](c3ccc(CO)cc3)O2)c1)NO. The molecular formula is C30H32N6O6S. The van der Waals surface area contributed by atoms with Crippen LogP contribution >= 0.6 is 11.8 Å². The molecule has 0 bridgehead atoms. The lowest BCUT2D eigenvalue weighted by molar-refractivity contribution is -0.245. The van der Waals surface area contributed by atoms with E-state index in [9.17, 15) is 14.7 Å². The molecule has 1 aliphatic heterocycles. The van der Waals surface area contributed by atoms with Gasteiger partial charge < -0.3 is 19.9 Å². The molecule has 1 fully saturated rings. The normalized spacial score (nSPS) is 18.2. The number of benzene rings is 3. The molecule has 5 rings (SSSR count). The van der Waals surface area contributed by atoms with Crippen LogP contribution in [0.25, 0.3) is 5.69 Å². The predicted octanol–water partition coefficient (Wildman–Crippen LogP) is 4.11. The lowest BCUT2D eigenvalue weighted by atomic mass is 10.0. The highest BCUT2D eigenvalue weighted by Crippen LogP contribution is 2.39. The Morgan fingerprint density at radius 3 is 2.51 bits per heavy atom. The maximum absolute atomic E-state index is 12.4. The third-order valence-electron chi connectivity index (χ3n) is 6.83. The highest BCUT2D eigenvalue weighted by atomic mass is 32.2. The molecule has 1 saturated heterocycles. The first-order valence-corrected chi connectivity index (χ1v) is 14.8. The molecule has 224 valence electrons. The van der Waals surface area contributed by atoms with E-state index < -0.39 is 12.2 Å². The molecule has 3 aromatic carbocycles. The van der Waals surface area contributed by atoms with Crippen molar-refractivity contribution >= 4 is 29.3 Å². The standard InChI is InChI=1S/C30H32N6O6S/c37-18-20-12-14-21(15-13-20)26-17-25(19-43-30-32-34-35-36(30)24-8-2-1-3-9-24)41-29(42-26)22-6-4-7-23(16-22)31-27(38)10-5-11-28(39)33-40/h1-4,6-9,12-16,25-26,29,37,40H,5,10-11,17-19H2,(H,31,38)(H,33,39)/t25-,26+,29+/m1/s1. The second kappa shape index (κ2) is 14.8. The van der Waals surface area contributed by atoms with E-state index in [1.807, 2.05) is 66.7 Å². The molecule has 12 nitrogen and oxygen atoms in total. The van der Waals surface area contributed by atoms with Crippen LogP contribution in [0.3, 0.4) is 0 Å². The number of hydrogen-bond donors (Lipinski definition) is 4. The molecule has 4 N–H and O–H groups in total. The second-order valence-electron chi connectivity index (χ2n) is 9.93. The maximum Gasteiger partial charge on any atom is 0.243 e. The summed E-state index contributed by atoms with van der Waals surface area (Å²) in [4.78, 5) is 23.6. The minimum atomic E-state index is -0.711. The Hall–Kier alpha value is -4.14. The van der Waals surface area contributed by atoms with Crippen LogP contribution in [0.4, 0.5) is 5.69 Å². The van der Waals surface area contributed by atoms with E-state index in [0.717, 1.165) is 22.4 Å². The molecule has 13 heteroatoms. The van der Waals surface area contributed by atoms with E-state index >= 15 is 0 Å². The largest absolute Gasteiger partial charge is 0.392 e. The summed E-state index contributed by atoms with van der Waals surface area (Å²) >= 11 is 1.49. The lowest BCUT2D eigenvalue weighted by Crippen LogP contribution is -2.31. The van der Waals surface area contributed by atoms with Crippen molar-refractivity contribution in [3.05, 3.63) is 95.6 Å². The number of amides is 2. The summed E-state index contributed by atoms with van der Waals surface area (Å²) in [6, 6.07) is 24.6. The second-order valence-corrected chi connectivity index (χ2v) is 10.9. The zero-order valence-corrected chi connectivity index (χ0v) is 24.0. The number of nitrogens with one attached hydrogen (secondary N) is 2. The van der Waals surface area contributed by atoms with Crippen molar-refractivity contribution < 1.29 is 29.4 Å². The van der Waals surface area contributed by atoms with Crippen LogP contribution in [0.2, 0.25) is 0 Å². The van der Waals surface area contributed by atoms with Gasteiger partial charge in [-0.15, -0.1) is 5.10 Å². The van der Waals surface area contributed by atoms with Gasteiger partial charge in [0.1, 0.15) is 0 Å². The number of anilines is 1. The van der Waals surface area contributed by atoms with Gasteiger partial charge in [0, 0.05) is 36.3 Å². The number of carbonyl (C=O) groups is 2. The van der Waals surface area contributed by atoms with Crippen LogP contribution in [0.15, 0.2) is 84.0 Å². The number of para-hydroxylation sites is 1. The van der Waals surface area contributed by atoms with Crippen molar-refractivity contribution in [1.29, 1.82) is 0 Å². The molecule has 4 aromatic rings. The average Bonchev–Trinajstić information content (AvgIpc) is 3.53. The molecule has 2 amide bonds. The van der Waals surface area contributed by atoms with E-state index in [1.54, 1.807) is 22.3 Å². The number of nitrogens with zero attached hydrogens (tertiary/aromatic N) is 4. The van der Waals surface area contributed by atoms with Crippen LogP contribution in [0, 0.1) is 0 Å². The van der Waals surface area contributed by atoms with Gasteiger partial charge in [-0.2, -0.15) is 4.68 Å². The Balaban J connectivity index is 1.30. The maximum atomic E-state index is 12.4. The number of hydroxylamine groups is 1. The van der Waals surface area contributed by atoms with Crippen molar-refractivity contribution in [3.63, 3.8) is 0 Å². The minimum absolute atomic E-state index is 0.0416. The molecule has 1 aromatic heterocycles. The lowest BCUT2D eigenvalue weighted by Gasteiger charge is -2.36. The van der Waals surface area contributed by atoms with Gasteiger partial charge in [0.25, 0.3) is 0 Å². The van der Waals surface area contributed by atoms with Gasteiger partial charge in [0.15, 0.2) is 6.29 Å². The van der Waals surface area contributed by atoms with Crippen LogP contribution in [-0.4, -0.2) is 54.2 Å². The Morgan fingerprint density at radius 1 is 0.953 bits per heavy atom. The summed E-state index contributed by atoms with van der Waals surface area (Å²) in [5, 5.41) is 33.8. The van der Waals surface area contributed by atoms with Gasteiger partial charge in [0.05, 0.1) is 24.5 Å². The van der Waals surface area contributed by atoms with Gasteiger partial charge in [-0.05, 0) is 52.2 Å². The fourth-order valence-electron chi connectivity index (χ4n) is 4.64. The fourth-order valence-corrected chi connectivity index (χ4v) is 5.55. The van der Waals surface area contributed by atoms with Gasteiger partial charge >= 0.3 is 0 Å². The molecule has 43 heavy (non-hydrogen) atoms. The van der Waals surface area contributed by atoms with E-state index in [4.69, 9.17) is 14.7 Å². The third kappa shape index (κ3) is 8.24. The van der Waals surface area contributed by atoms with Gasteiger partial charge in [0.2, 0.25) is 17.0 Å². The molecular weight excluding hydrogens is 572 g/mol. The van der Waals surface area contributed by atoms with Crippen LogP contribution in [-0.2, 0) is 25.7 Å². The van der Waals surface area contributed by atoms with Crippen molar-refractivity contribution in [2.24, 2.45) is 0 Å². The average molecular weight is 605 g/mol. The van der Waals surface area contributed by atoms with E-state index in [2.05, 4.69) is 20.8 Å². The summed E-state index contributed by atoms with van der Waals surface area (Å²) in [5.74, 6) is -0.220. The van der Waals surface area contributed by atoms with Crippen molar-refractivity contribution in [2.75, 3.05) is 11.1 Å². The van der Waals surface area contributed by atoms with Crippen molar-refractivity contribution in [3.8, 4) is 5.69 Å². The van der Waals surface area contributed by atoms with Gasteiger partial charge in [-0.1, -0.05) is 66.4 Å². The highest BCUT2D eigenvalue weighted by Gasteiger charge is 2.33. The third-order valence-corrected chi connectivity index (χ3v) is 7.88. The van der Waals surface area contributed by atoms with E-state index in [1.165, 1.54) is 11.8 Å². The fraction of sp³-hybridized carbons (Fsp3) is 0.300. The smallest absolute Gasteiger partial charge is 0.243 e. The quantitative estimate of drug-likeness (QED) is 0.105. The molecule has 0 aliphatic carbocycles. The number of hydrogen-bond acceptors (Lipinski definition) is 10. The number of thioether (sulfide) groups is 1. The summed E-state index contributed by atoms with van der Waals surface area (Å²) in [6.07, 6.45) is -0.144. The predicted molar refractivity (Wildman–Crippen MR) is 157 cm³/mol. The first-order valence-electron chi connectivity index (χ1n) is 13.8. The van der Waals surface area contributed by atoms with Gasteiger partial charge in [-0.3, -0.25) is 14.8 Å². The molecule has 3 atom stereocenters. The molecule has 1 aliphatic rings. The Kier molecular flexibility index (Phi) is 10.5. The number of aliphatic hydroxyl groups is 1. The van der Waals surface area contributed by atoms with Crippen LogP contribution < -0.4 is 10.8 Å². The molecule has 2 heterocycles. The number of tetrazole rings is 1. The summed E-state index contributed by atoms with van der Waals surface area (Å²) in [6.45, 7) is -0.0416. The number of aromatic nitrogens is 4. The Bertz CT molecular complexity index is 1500. The molecule has 0 saturated carbocycles. The molecule has 0 radical (unpaired) electrons. The molecule has 0 unspecified atom stereocenters. The Morgan fingerprint density at radius 2 is 1.74 bits per heavy atom. The highest BCUT2D eigenvalue weighted by molar-refractivity contribution is 7.99. The summed E-state index contributed by atoms with van der Waals surface area (Å²) in [5.41, 5.74) is 5.51. The number of rotatable bonds is 12. The first kappa shape index (κ1) is 30.3. The van der Waals surface area contributed by atoms with Crippen molar-refractivity contribution in [1.82, 2.24) is 25.7 Å². The zero-order valence-electron chi connectivity index (χ0n) is 23.2. The summed E-state index contributed by atoms with van der Waals surface area (Å²) in [7, 11) is 0. The summed E-state index contributed by atoms with van der Waals surface area (Å²) < 4.78 is 14.6. The molecule has 0 spiro atoms. The first-order chi connectivity index (χ1) is 21.0. The van der Waals surface area contributed by atoms with Gasteiger partial charge in [-0.25, -0.2) is 5.48 Å². The minimum Gasteiger partial charge on any atom is -0.392 e. The zero-order chi connectivity index (χ0) is 30.0. The number of aliphatic hydroxyl groups excluding tert-OH is 1. The van der Waals surface area contributed by atoms with E-state index in [-0.39, 0.29) is 37.6 Å².